The lowest BCUT2D eigenvalue weighted by Gasteiger charge is -2.11. The van der Waals surface area contributed by atoms with Crippen LogP contribution in [0.15, 0.2) is 63.6 Å². The third-order valence-corrected chi connectivity index (χ3v) is 5.08. The number of aliphatic hydroxyl groups is 1. The number of aliphatic hydroxyl groups excluding tert-OH is 1. The second-order valence-electron chi connectivity index (χ2n) is 7.01. The fraction of sp³-hybridized carbons (Fsp3) is 0.182. The molecule has 2 aromatic carbocycles. The Hall–Kier alpha value is -3.11. The van der Waals surface area contributed by atoms with E-state index in [4.69, 9.17) is 4.42 Å². The normalized spacial score (nSPS) is 12.7. The molecule has 2 aromatic heterocycles. The highest BCUT2D eigenvalue weighted by molar-refractivity contribution is 9.10. The third-order valence-electron chi connectivity index (χ3n) is 4.58. The van der Waals surface area contributed by atoms with E-state index in [0.717, 1.165) is 4.47 Å². The number of halogens is 4. The molecule has 0 aliphatic heterocycles. The molecule has 1 N–H and O–H groups in total. The molecule has 0 fully saturated rings. The predicted octanol–water partition coefficient (Wildman–Crippen LogP) is 6.22. The Kier molecular flexibility index (Phi) is 5.83. The van der Waals surface area contributed by atoms with Gasteiger partial charge in [0.1, 0.15) is 11.4 Å². The molecule has 0 radical (unpaired) electrons. The van der Waals surface area contributed by atoms with Gasteiger partial charge in [0.05, 0.1) is 17.5 Å². The molecule has 0 saturated carbocycles. The van der Waals surface area contributed by atoms with Crippen LogP contribution in [0.4, 0.5) is 13.2 Å². The van der Waals surface area contributed by atoms with Gasteiger partial charge < -0.3 is 14.3 Å². The zero-order valence-corrected chi connectivity index (χ0v) is 18.5. The molecule has 0 aliphatic rings. The second-order valence-corrected chi connectivity index (χ2v) is 7.92. The van der Waals surface area contributed by atoms with Gasteiger partial charge in [0.2, 0.25) is 0 Å². The average molecular weight is 508 g/mol. The Labute approximate surface area is 189 Å². The van der Waals surface area contributed by atoms with Crippen molar-refractivity contribution in [1.29, 1.82) is 0 Å². The average Bonchev–Trinajstić information content (AvgIpc) is 3.34. The van der Waals surface area contributed by atoms with Crippen LogP contribution in [0.25, 0.3) is 28.3 Å². The lowest BCUT2D eigenvalue weighted by molar-refractivity contribution is -0.274. The summed E-state index contributed by atoms with van der Waals surface area (Å²) in [6.07, 6.45) is -3.77. The summed E-state index contributed by atoms with van der Waals surface area (Å²) in [6, 6.07) is 12.6. The number of hydrogen-bond donors (Lipinski definition) is 1. The zero-order valence-electron chi connectivity index (χ0n) is 16.9. The van der Waals surface area contributed by atoms with E-state index < -0.39 is 12.5 Å². The smallest absolute Gasteiger partial charge is 0.440 e. The van der Waals surface area contributed by atoms with E-state index in [1.165, 1.54) is 24.3 Å². The maximum atomic E-state index is 12.5. The van der Waals surface area contributed by atoms with Crippen LogP contribution in [0.1, 0.15) is 24.6 Å². The number of alkyl halides is 3. The van der Waals surface area contributed by atoms with E-state index >= 15 is 0 Å². The molecule has 4 aromatic rings. The van der Waals surface area contributed by atoms with Crippen LogP contribution in [0.3, 0.4) is 0 Å². The van der Waals surface area contributed by atoms with Gasteiger partial charge in [-0.3, -0.25) is 0 Å². The molecule has 0 saturated heterocycles. The van der Waals surface area contributed by atoms with Gasteiger partial charge in [-0.2, -0.15) is 5.10 Å². The summed E-state index contributed by atoms with van der Waals surface area (Å²) >= 11 is 3.46. The molecule has 1 unspecified atom stereocenters. The summed E-state index contributed by atoms with van der Waals surface area (Å²) in [6.45, 7) is 3.31. The van der Waals surface area contributed by atoms with Gasteiger partial charge >= 0.3 is 6.36 Å². The Morgan fingerprint density at radius 3 is 2.47 bits per heavy atom. The molecule has 1 atom stereocenters. The number of nitrogens with zero attached hydrogens (tertiary/aromatic N) is 3. The first-order valence-corrected chi connectivity index (χ1v) is 10.3. The fourth-order valence-electron chi connectivity index (χ4n) is 3.20. The fourth-order valence-corrected chi connectivity index (χ4v) is 3.57. The highest BCUT2D eigenvalue weighted by Crippen LogP contribution is 2.38. The van der Waals surface area contributed by atoms with Crippen LogP contribution in [0, 0.1) is 6.92 Å². The number of oxazole rings is 1. The quantitative estimate of drug-likeness (QED) is 0.347. The first-order chi connectivity index (χ1) is 15.1. The Bertz CT molecular complexity index is 1250. The molecule has 166 valence electrons. The van der Waals surface area contributed by atoms with Crippen LogP contribution in [0.2, 0.25) is 0 Å². The zero-order chi connectivity index (χ0) is 23.0. The monoisotopic (exact) mass is 507 g/mol. The van der Waals surface area contributed by atoms with Gasteiger partial charge in [0.25, 0.3) is 0 Å². The minimum absolute atomic E-state index is 0.326. The summed E-state index contributed by atoms with van der Waals surface area (Å²) < 4.78 is 49.7. The molecule has 0 spiro atoms. The summed E-state index contributed by atoms with van der Waals surface area (Å²) in [5.74, 6) is 0.493. The Morgan fingerprint density at radius 2 is 1.84 bits per heavy atom. The van der Waals surface area contributed by atoms with Gasteiger partial charge in [-0.15, -0.1) is 13.2 Å². The summed E-state index contributed by atoms with van der Waals surface area (Å²) in [5.41, 5.74) is 2.86. The molecule has 6 nitrogen and oxygen atoms in total. The summed E-state index contributed by atoms with van der Waals surface area (Å²) in [5, 5.41) is 14.2. The van der Waals surface area contributed by atoms with Crippen molar-refractivity contribution in [2.24, 2.45) is 0 Å². The van der Waals surface area contributed by atoms with E-state index in [1.54, 1.807) is 30.8 Å². The van der Waals surface area contributed by atoms with Crippen molar-refractivity contribution in [2.45, 2.75) is 26.3 Å². The first-order valence-electron chi connectivity index (χ1n) is 9.48. The topological polar surface area (TPSA) is 73.3 Å². The van der Waals surface area contributed by atoms with Crippen LogP contribution >= 0.6 is 15.9 Å². The Morgan fingerprint density at radius 1 is 1.12 bits per heavy atom. The van der Waals surface area contributed by atoms with Crippen LogP contribution < -0.4 is 4.74 Å². The first kappa shape index (κ1) is 22.1. The van der Waals surface area contributed by atoms with E-state index in [-0.39, 0.29) is 5.75 Å². The molecule has 4 rings (SSSR count). The second kappa shape index (κ2) is 8.44. The highest BCUT2D eigenvalue weighted by Gasteiger charge is 2.31. The molecule has 2 heterocycles. The summed E-state index contributed by atoms with van der Waals surface area (Å²) in [4.78, 5) is 4.44. The highest BCUT2D eigenvalue weighted by atomic mass is 79.9. The molecular formula is C22H17BrF3N3O3. The lowest BCUT2D eigenvalue weighted by atomic mass is 10.0. The van der Waals surface area contributed by atoms with Gasteiger partial charge in [-0.05, 0) is 55.5 Å². The molecular weight excluding hydrogens is 491 g/mol. The van der Waals surface area contributed by atoms with Crippen LogP contribution in [-0.4, -0.2) is 26.2 Å². The third kappa shape index (κ3) is 4.71. The molecule has 0 aliphatic carbocycles. The largest absolute Gasteiger partial charge is 0.573 e. The van der Waals surface area contributed by atoms with Crippen molar-refractivity contribution in [1.82, 2.24) is 14.8 Å². The predicted molar refractivity (Wildman–Crippen MR) is 114 cm³/mol. The SMILES string of the molecule is Cc1nc(-c2ccc(OC(F)(F)F)cc2)c(-c2cc(Br)ccc2-n2ccc(C(C)O)n2)o1. The van der Waals surface area contributed by atoms with E-state index in [1.807, 2.05) is 18.2 Å². The number of ether oxygens (including phenoxy) is 1. The maximum Gasteiger partial charge on any atom is 0.573 e. The number of benzene rings is 2. The van der Waals surface area contributed by atoms with Gasteiger partial charge in [0, 0.05) is 28.7 Å². The lowest BCUT2D eigenvalue weighted by Crippen LogP contribution is -2.16. The van der Waals surface area contributed by atoms with Crippen LogP contribution in [-0.2, 0) is 0 Å². The number of aryl methyl sites for hydroxylation is 1. The summed E-state index contributed by atoms with van der Waals surface area (Å²) in [7, 11) is 0. The van der Waals surface area contributed by atoms with E-state index in [0.29, 0.717) is 39.9 Å². The standard InChI is InChI=1S/C22H17BrF3N3O3/c1-12(30)18-9-10-29(28-18)19-8-5-15(23)11-17(19)21-20(27-13(2)31-21)14-3-6-16(7-4-14)32-22(24,25)26/h3-12,30H,1-2H3. The van der Waals surface area contributed by atoms with Crippen molar-refractivity contribution in [3.63, 3.8) is 0 Å². The molecule has 0 amide bonds. The van der Waals surface area contributed by atoms with E-state index in [2.05, 4.69) is 30.7 Å². The molecule has 32 heavy (non-hydrogen) atoms. The van der Waals surface area contributed by atoms with Crippen molar-refractivity contribution < 1.29 is 27.4 Å². The number of rotatable bonds is 5. The van der Waals surface area contributed by atoms with Crippen LogP contribution in [0.5, 0.6) is 5.75 Å². The number of hydrogen-bond acceptors (Lipinski definition) is 5. The van der Waals surface area contributed by atoms with Crippen molar-refractivity contribution in [3.8, 4) is 34.0 Å². The number of aromatic nitrogens is 3. The Balaban J connectivity index is 1.80. The minimum Gasteiger partial charge on any atom is -0.440 e. The van der Waals surface area contributed by atoms with Gasteiger partial charge in [-0.1, -0.05) is 15.9 Å². The van der Waals surface area contributed by atoms with Gasteiger partial charge in [-0.25, -0.2) is 9.67 Å². The van der Waals surface area contributed by atoms with Crippen molar-refractivity contribution in [3.05, 3.63) is 70.8 Å². The minimum atomic E-state index is -4.77. The van der Waals surface area contributed by atoms with Crippen molar-refractivity contribution >= 4 is 15.9 Å². The maximum absolute atomic E-state index is 12.5. The van der Waals surface area contributed by atoms with Crippen molar-refractivity contribution in [2.75, 3.05) is 0 Å². The molecule has 0 bridgehead atoms. The molecule has 10 heteroatoms. The van der Waals surface area contributed by atoms with Gasteiger partial charge in [0.15, 0.2) is 11.7 Å². The van der Waals surface area contributed by atoms with E-state index in [9.17, 15) is 18.3 Å².